The predicted octanol–water partition coefficient (Wildman–Crippen LogP) is 2.82. The summed E-state index contributed by atoms with van der Waals surface area (Å²) in [4.78, 5) is 4.42. The zero-order valence-corrected chi connectivity index (χ0v) is 9.02. The van der Waals surface area contributed by atoms with E-state index in [1.54, 1.807) is 0 Å². The van der Waals surface area contributed by atoms with Crippen molar-refractivity contribution in [1.82, 2.24) is 4.98 Å². The maximum absolute atomic E-state index is 5.47. The van der Waals surface area contributed by atoms with Gasteiger partial charge in [-0.05, 0) is 29.7 Å². The molecule has 2 aromatic rings. The van der Waals surface area contributed by atoms with Crippen molar-refractivity contribution < 1.29 is 4.74 Å². The van der Waals surface area contributed by atoms with E-state index in [0.29, 0.717) is 0 Å². The molecule has 0 spiro atoms. The highest BCUT2D eigenvalue weighted by Gasteiger charge is 2.14. The number of hydrogen-bond donors (Lipinski definition) is 0. The van der Waals surface area contributed by atoms with Crippen LogP contribution in [0.2, 0.25) is 0 Å². The second-order valence-corrected chi connectivity index (χ2v) is 3.96. The highest BCUT2D eigenvalue weighted by atomic mass is 16.5. The summed E-state index contributed by atoms with van der Waals surface area (Å²) in [6.07, 6.45) is 2.83. The molecule has 0 bridgehead atoms. The van der Waals surface area contributed by atoms with Crippen LogP contribution in [-0.2, 0) is 17.8 Å². The van der Waals surface area contributed by atoms with E-state index in [4.69, 9.17) is 4.74 Å². The average Bonchev–Trinajstić information content (AvgIpc) is 2.39. The van der Waals surface area contributed by atoms with Gasteiger partial charge in [-0.15, -0.1) is 0 Å². The number of rotatable bonds is 1. The van der Waals surface area contributed by atoms with Crippen molar-refractivity contribution >= 4 is 0 Å². The molecule has 1 aliphatic rings. The number of fused-ring (bicyclic) bond motifs is 1. The van der Waals surface area contributed by atoms with Crippen molar-refractivity contribution in [1.29, 1.82) is 0 Å². The van der Waals surface area contributed by atoms with Crippen LogP contribution in [0.1, 0.15) is 11.1 Å². The summed E-state index contributed by atoms with van der Waals surface area (Å²) < 4.78 is 5.47. The first kappa shape index (κ1) is 9.55. The van der Waals surface area contributed by atoms with E-state index in [-0.39, 0.29) is 0 Å². The van der Waals surface area contributed by atoms with Gasteiger partial charge in [0.25, 0.3) is 0 Å². The van der Waals surface area contributed by atoms with E-state index in [1.165, 1.54) is 16.7 Å². The minimum Gasteiger partial charge on any atom is -0.376 e. The Morgan fingerprint density at radius 1 is 1.06 bits per heavy atom. The van der Waals surface area contributed by atoms with Crippen LogP contribution in [0.4, 0.5) is 0 Å². The molecule has 16 heavy (non-hydrogen) atoms. The largest absolute Gasteiger partial charge is 0.376 e. The van der Waals surface area contributed by atoms with Crippen molar-refractivity contribution in [3.8, 4) is 11.3 Å². The average molecular weight is 211 g/mol. The van der Waals surface area contributed by atoms with E-state index >= 15 is 0 Å². The number of ether oxygens (including phenoxy) is 1. The number of benzene rings is 1. The second kappa shape index (κ2) is 4.06. The lowest BCUT2D eigenvalue weighted by atomic mass is 9.95. The van der Waals surface area contributed by atoms with Gasteiger partial charge in [0.15, 0.2) is 0 Å². The summed E-state index contributed by atoms with van der Waals surface area (Å²) in [6.45, 7) is 1.55. The molecule has 2 heteroatoms. The summed E-state index contributed by atoms with van der Waals surface area (Å²) >= 11 is 0. The molecule has 0 saturated heterocycles. The minimum atomic E-state index is 0.732. The Kier molecular flexibility index (Phi) is 2.43. The topological polar surface area (TPSA) is 22.1 Å². The van der Waals surface area contributed by atoms with Crippen LogP contribution >= 0.6 is 0 Å². The Morgan fingerprint density at radius 3 is 2.94 bits per heavy atom. The molecule has 0 N–H and O–H groups in total. The maximum atomic E-state index is 5.47. The molecular weight excluding hydrogens is 198 g/mol. The van der Waals surface area contributed by atoms with Gasteiger partial charge in [-0.2, -0.15) is 0 Å². The predicted molar refractivity (Wildman–Crippen MR) is 63.0 cm³/mol. The molecule has 2 heterocycles. The Hall–Kier alpha value is -1.67. The third-order valence-corrected chi connectivity index (χ3v) is 2.97. The van der Waals surface area contributed by atoms with Crippen molar-refractivity contribution in [3.63, 3.8) is 0 Å². The third kappa shape index (κ3) is 1.61. The van der Waals surface area contributed by atoms with Gasteiger partial charge in [-0.1, -0.05) is 24.3 Å². The fourth-order valence-electron chi connectivity index (χ4n) is 2.18. The van der Waals surface area contributed by atoms with Crippen molar-refractivity contribution in [2.45, 2.75) is 13.0 Å². The molecule has 2 nitrogen and oxygen atoms in total. The van der Waals surface area contributed by atoms with Crippen LogP contribution in [0.25, 0.3) is 11.3 Å². The highest BCUT2D eigenvalue weighted by Crippen LogP contribution is 2.27. The zero-order valence-electron chi connectivity index (χ0n) is 9.02. The molecule has 1 aromatic heterocycles. The second-order valence-electron chi connectivity index (χ2n) is 3.96. The molecule has 0 unspecified atom stereocenters. The van der Waals surface area contributed by atoms with Gasteiger partial charge < -0.3 is 4.74 Å². The van der Waals surface area contributed by atoms with Crippen LogP contribution in [0.3, 0.4) is 0 Å². The van der Waals surface area contributed by atoms with Gasteiger partial charge >= 0.3 is 0 Å². The van der Waals surface area contributed by atoms with E-state index in [1.807, 2.05) is 18.3 Å². The van der Waals surface area contributed by atoms with E-state index in [0.717, 1.165) is 25.3 Å². The first-order chi connectivity index (χ1) is 7.95. The monoisotopic (exact) mass is 211 g/mol. The van der Waals surface area contributed by atoms with Gasteiger partial charge in [0, 0.05) is 11.8 Å². The fourth-order valence-corrected chi connectivity index (χ4v) is 2.18. The van der Waals surface area contributed by atoms with Gasteiger partial charge in [0.1, 0.15) is 0 Å². The lowest BCUT2D eigenvalue weighted by Gasteiger charge is -2.19. The molecule has 0 atom stereocenters. The molecule has 1 aromatic carbocycles. The first-order valence-corrected chi connectivity index (χ1v) is 5.55. The van der Waals surface area contributed by atoms with Gasteiger partial charge in [-0.3, -0.25) is 4.98 Å². The zero-order chi connectivity index (χ0) is 10.8. The number of nitrogens with zero attached hydrogens (tertiary/aromatic N) is 1. The van der Waals surface area contributed by atoms with Gasteiger partial charge in [0.05, 0.1) is 18.9 Å². The molecule has 0 amide bonds. The molecule has 3 rings (SSSR count). The van der Waals surface area contributed by atoms with Crippen LogP contribution in [0.15, 0.2) is 42.6 Å². The molecule has 0 aliphatic carbocycles. The molecule has 0 saturated carbocycles. The number of hydrogen-bond acceptors (Lipinski definition) is 2. The minimum absolute atomic E-state index is 0.732. The summed E-state index contributed by atoms with van der Waals surface area (Å²) in [5.41, 5.74) is 5.00. The Labute approximate surface area is 94.9 Å². The molecular formula is C14H13NO. The molecule has 1 aliphatic heterocycles. The molecule has 80 valence electrons. The smallest absolute Gasteiger partial charge is 0.0719 e. The van der Waals surface area contributed by atoms with Gasteiger partial charge in [-0.25, -0.2) is 0 Å². The SMILES string of the molecule is c1ccc(-c2cccc3c2CCOC3)nc1. The molecule has 0 fully saturated rings. The van der Waals surface area contributed by atoms with Crippen molar-refractivity contribution in [2.75, 3.05) is 6.61 Å². The summed E-state index contributed by atoms with van der Waals surface area (Å²) in [5, 5.41) is 0. The summed E-state index contributed by atoms with van der Waals surface area (Å²) in [7, 11) is 0. The van der Waals surface area contributed by atoms with Gasteiger partial charge in [0.2, 0.25) is 0 Å². The Bertz CT molecular complexity index is 493. The highest BCUT2D eigenvalue weighted by molar-refractivity contribution is 5.65. The summed E-state index contributed by atoms with van der Waals surface area (Å²) in [6, 6.07) is 12.4. The Balaban J connectivity index is 2.14. The van der Waals surface area contributed by atoms with Crippen molar-refractivity contribution in [3.05, 3.63) is 53.7 Å². The van der Waals surface area contributed by atoms with Crippen molar-refractivity contribution in [2.24, 2.45) is 0 Å². The normalized spacial score (nSPS) is 14.5. The van der Waals surface area contributed by atoms with E-state index in [9.17, 15) is 0 Å². The summed E-state index contributed by atoms with van der Waals surface area (Å²) in [5.74, 6) is 0. The van der Waals surface area contributed by atoms with E-state index < -0.39 is 0 Å². The van der Waals surface area contributed by atoms with Crippen LogP contribution in [0.5, 0.6) is 0 Å². The Morgan fingerprint density at radius 2 is 2.06 bits per heavy atom. The van der Waals surface area contributed by atoms with Crippen LogP contribution < -0.4 is 0 Å². The van der Waals surface area contributed by atoms with E-state index in [2.05, 4.69) is 29.2 Å². The lowest BCUT2D eigenvalue weighted by molar-refractivity contribution is 0.111. The van der Waals surface area contributed by atoms with Crippen LogP contribution in [-0.4, -0.2) is 11.6 Å². The number of aromatic nitrogens is 1. The third-order valence-electron chi connectivity index (χ3n) is 2.97. The number of pyridine rings is 1. The molecule has 0 radical (unpaired) electrons. The fraction of sp³-hybridized carbons (Fsp3) is 0.214. The standard InChI is InChI=1S/C14H13NO/c1-2-8-15-14(6-1)13-5-3-4-11-10-16-9-7-12(11)13/h1-6,8H,7,9-10H2. The first-order valence-electron chi connectivity index (χ1n) is 5.55. The maximum Gasteiger partial charge on any atom is 0.0719 e. The lowest BCUT2D eigenvalue weighted by Crippen LogP contribution is -2.11. The quantitative estimate of drug-likeness (QED) is 0.723. The van der Waals surface area contributed by atoms with Crippen LogP contribution in [0, 0.1) is 0 Å².